The summed E-state index contributed by atoms with van der Waals surface area (Å²) in [5, 5.41) is 17.9. The van der Waals surface area contributed by atoms with E-state index in [1.165, 1.54) is 6.07 Å². The van der Waals surface area contributed by atoms with Gasteiger partial charge in [0.15, 0.2) is 0 Å². The van der Waals surface area contributed by atoms with Gasteiger partial charge < -0.3 is 10.0 Å². The van der Waals surface area contributed by atoms with Gasteiger partial charge in [0.2, 0.25) is 0 Å². The maximum atomic E-state index is 14.0. The Morgan fingerprint density at radius 3 is 2.50 bits per heavy atom. The zero-order valence-corrected chi connectivity index (χ0v) is 11.0. The summed E-state index contributed by atoms with van der Waals surface area (Å²) < 4.78 is 14.0. The lowest BCUT2D eigenvalue weighted by Crippen LogP contribution is -2.27. The van der Waals surface area contributed by atoms with Crippen molar-refractivity contribution in [2.24, 2.45) is 0 Å². The Balaban J connectivity index is 2.27. The van der Waals surface area contributed by atoms with Crippen LogP contribution in [0.15, 0.2) is 48.5 Å². The van der Waals surface area contributed by atoms with E-state index < -0.39 is 5.82 Å². The highest BCUT2D eigenvalue weighted by Crippen LogP contribution is 2.22. The van der Waals surface area contributed by atoms with Crippen LogP contribution >= 0.6 is 0 Å². The normalized spacial score (nSPS) is 10.1. The number of nitriles is 1. The highest BCUT2D eigenvalue weighted by Gasteiger charge is 2.12. The summed E-state index contributed by atoms with van der Waals surface area (Å²) in [5.74, 6) is -0.451. The van der Waals surface area contributed by atoms with Crippen LogP contribution < -0.4 is 4.90 Å². The van der Waals surface area contributed by atoms with Gasteiger partial charge >= 0.3 is 0 Å². The van der Waals surface area contributed by atoms with Gasteiger partial charge in [-0.05, 0) is 23.8 Å². The molecule has 0 aromatic heterocycles. The first-order chi connectivity index (χ1) is 9.74. The summed E-state index contributed by atoms with van der Waals surface area (Å²) in [6.07, 6.45) is 0. The second-order valence-corrected chi connectivity index (χ2v) is 4.41. The molecular weight excluding hydrogens is 255 g/mol. The van der Waals surface area contributed by atoms with Crippen molar-refractivity contribution in [3.8, 4) is 6.07 Å². The number of rotatable bonds is 5. The van der Waals surface area contributed by atoms with Crippen molar-refractivity contribution in [2.75, 3.05) is 18.1 Å². The Hall–Kier alpha value is -2.38. The smallest absolute Gasteiger partial charge is 0.147 e. The molecule has 0 aliphatic heterocycles. The van der Waals surface area contributed by atoms with Crippen LogP contribution in [0.4, 0.5) is 10.1 Å². The lowest BCUT2D eigenvalue weighted by atomic mass is 10.1. The van der Waals surface area contributed by atoms with Crippen LogP contribution in [0.25, 0.3) is 0 Å². The molecule has 0 aliphatic carbocycles. The zero-order chi connectivity index (χ0) is 14.4. The third kappa shape index (κ3) is 3.34. The van der Waals surface area contributed by atoms with Crippen molar-refractivity contribution < 1.29 is 9.50 Å². The second kappa shape index (κ2) is 6.69. The van der Waals surface area contributed by atoms with E-state index in [0.717, 1.165) is 5.56 Å². The molecule has 2 rings (SSSR count). The summed E-state index contributed by atoms with van der Waals surface area (Å²) in [7, 11) is 0. The molecule has 0 bridgehead atoms. The van der Waals surface area contributed by atoms with Gasteiger partial charge in [-0.25, -0.2) is 4.39 Å². The third-order valence-electron chi connectivity index (χ3n) is 3.00. The van der Waals surface area contributed by atoms with Crippen LogP contribution in [-0.4, -0.2) is 18.3 Å². The molecule has 0 fully saturated rings. The van der Waals surface area contributed by atoms with Crippen molar-refractivity contribution in [1.29, 1.82) is 5.26 Å². The molecule has 102 valence electrons. The van der Waals surface area contributed by atoms with E-state index in [0.29, 0.717) is 18.8 Å². The highest BCUT2D eigenvalue weighted by atomic mass is 19.1. The molecule has 0 heterocycles. The molecule has 20 heavy (non-hydrogen) atoms. The van der Waals surface area contributed by atoms with Gasteiger partial charge in [-0.2, -0.15) is 5.26 Å². The SMILES string of the molecule is N#Cc1ccc(N(CCO)Cc2ccccc2)c(F)c1. The average molecular weight is 270 g/mol. The Morgan fingerprint density at radius 1 is 1.15 bits per heavy atom. The first kappa shape index (κ1) is 14.0. The lowest BCUT2D eigenvalue weighted by molar-refractivity contribution is 0.301. The van der Waals surface area contributed by atoms with Crippen LogP contribution in [0.3, 0.4) is 0 Å². The molecule has 2 aromatic rings. The minimum atomic E-state index is -0.451. The molecule has 0 unspecified atom stereocenters. The molecular formula is C16H15FN2O. The molecule has 4 heteroatoms. The molecule has 0 aliphatic rings. The zero-order valence-electron chi connectivity index (χ0n) is 11.0. The van der Waals surface area contributed by atoms with Crippen molar-refractivity contribution in [3.63, 3.8) is 0 Å². The molecule has 0 saturated carbocycles. The first-order valence-electron chi connectivity index (χ1n) is 6.34. The van der Waals surface area contributed by atoms with Gasteiger partial charge in [0.25, 0.3) is 0 Å². The van der Waals surface area contributed by atoms with Gasteiger partial charge in [0.1, 0.15) is 5.82 Å². The number of aliphatic hydroxyl groups excluding tert-OH is 1. The van der Waals surface area contributed by atoms with Crippen molar-refractivity contribution in [3.05, 3.63) is 65.5 Å². The van der Waals surface area contributed by atoms with E-state index in [1.54, 1.807) is 17.0 Å². The lowest BCUT2D eigenvalue weighted by Gasteiger charge is -2.24. The monoisotopic (exact) mass is 270 g/mol. The average Bonchev–Trinajstić information content (AvgIpc) is 2.48. The summed E-state index contributed by atoms with van der Waals surface area (Å²) in [4.78, 5) is 1.76. The van der Waals surface area contributed by atoms with Crippen LogP contribution in [-0.2, 0) is 6.54 Å². The molecule has 0 spiro atoms. The maximum Gasteiger partial charge on any atom is 0.147 e. The van der Waals surface area contributed by atoms with Crippen LogP contribution in [0.2, 0.25) is 0 Å². The van der Waals surface area contributed by atoms with Crippen LogP contribution in [0.5, 0.6) is 0 Å². The number of hydrogen-bond donors (Lipinski definition) is 1. The number of anilines is 1. The van der Waals surface area contributed by atoms with E-state index in [9.17, 15) is 4.39 Å². The summed E-state index contributed by atoms with van der Waals surface area (Å²) in [5.41, 5.74) is 1.71. The molecule has 0 radical (unpaired) electrons. The van der Waals surface area contributed by atoms with Crippen LogP contribution in [0, 0.1) is 17.1 Å². The Bertz CT molecular complexity index is 608. The van der Waals surface area contributed by atoms with E-state index >= 15 is 0 Å². The summed E-state index contributed by atoms with van der Waals surface area (Å²) >= 11 is 0. The number of halogens is 1. The molecule has 0 atom stereocenters. The molecule has 0 saturated heterocycles. The highest BCUT2D eigenvalue weighted by molar-refractivity contribution is 5.51. The van der Waals surface area contributed by atoms with Crippen molar-refractivity contribution >= 4 is 5.69 Å². The minimum Gasteiger partial charge on any atom is -0.395 e. The van der Waals surface area contributed by atoms with E-state index in [2.05, 4.69) is 0 Å². The fraction of sp³-hybridized carbons (Fsp3) is 0.188. The molecule has 3 nitrogen and oxygen atoms in total. The van der Waals surface area contributed by atoms with E-state index in [-0.39, 0.29) is 12.2 Å². The predicted octanol–water partition coefficient (Wildman–Crippen LogP) is 2.70. The van der Waals surface area contributed by atoms with Gasteiger partial charge in [-0.3, -0.25) is 0 Å². The molecule has 2 aromatic carbocycles. The Labute approximate surface area is 117 Å². The van der Waals surface area contributed by atoms with Gasteiger partial charge in [-0.15, -0.1) is 0 Å². The Kier molecular flexibility index (Phi) is 4.70. The standard InChI is InChI=1S/C16H15FN2O/c17-15-10-14(11-18)6-7-16(15)19(8-9-20)12-13-4-2-1-3-5-13/h1-7,10,20H,8-9,12H2. The van der Waals surface area contributed by atoms with Crippen LogP contribution in [0.1, 0.15) is 11.1 Å². The van der Waals surface area contributed by atoms with E-state index in [4.69, 9.17) is 10.4 Å². The van der Waals surface area contributed by atoms with Gasteiger partial charge in [-0.1, -0.05) is 30.3 Å². The molecule has 1 N–H and O–H groups in total. The maximum absolute atomic E-state index is 14.0. The van der Waals surface area contributed by atoms with Crippen molar-refractivity contribution in [2.45, 2.75) is 6.54 Å². The number of nitrogens with zero attached hydrogens (tertiary/aromatic N) is 2. The first-order valence-corrected chi connectivity index (χ1v) is 6.34. The van der Waals surface area contributed by atoms with Gasteiger partial charge in [0.05, 0.1) is 23.9 Å². The Morgan fingerprint density at radius 2 is 1.90 bits per heavy atom. The molecule has 0 amide bonds. The summed E-state index contributed by atoms with van der Waals surface area (Å²) in [6.45, 7) is 0.772. The second-order valence-electron chi connectivity index (χ2n) is 4.41. The predicted molar refractivity (Wildman–Crippen MR) is 75.7 cm³/mol. The quantitative estimate of drug-likeness (QED) is 0.908. The summed E-state index contributed by atoms with van der Waals surface area (Å²) in [6, 6.07) is 15.9. The van der Waals surface area contributed by atoms with Gasteiger partial charge in [0, 0.05) is 13.1 Å². The fourth-order valence-electron chi connectivity index (χ4n) is 2.04. The number of benzene rings is 2. The fourth-order valence-corrected chi connectivity index (χ4v) is 2.04. The topological polar surface area (TPSA) is 47.3 Å². The van der Waals surface area contributed by atoms with Crippen molar-refractivity contribution in [1.82, 2.24) is 0 Å². The van der Waals surface area contributed by atoms with E-state index in [1.807, 2.05) is 36.4 Å². The number of hydrogen-bond acceptors (Lipinski definition) is 3. The minimum absolute atomic E-state index is 0.0632. The number of aliphatic hydroxyl groups is 1. The third-order valence-corrected chi connectivity index (χ3v) is 3.00. The largest absolute Gasteiger partial charge is 0.395 e.